The number of carboxylic acids is 1. The minimum absolute atomic E-state index is 0.00811. The third kappa shape index (κ3) is 62.6. The summed E-state index contributed by atoms with van der Waals surface area (Å²) in [5.41, 5.74) is 5.34. The first kappa shape index (κ1) is 64.6. The Hall–Kier alpha value is -1.37. The molecule has 0 heterocycles. The van der Waals surface area contributed by atoms with Crippen molar-refractivity contribution < 1.29 is 105 Å². The maximum atomic E-state index is 10.4. The first-order valence-corrected chi connectivity index (χ1v) is 23.2. The van der Waals surface area contributed by atoms with Crippen LogP contribution >= 0.6 is 0 Å². The van der Waals surface area contributed by atoms with Crippen LogP contribution in [0.3, 0.4) is 0 Å². The molecule has 0 aromatic heterocycles. The van der Waals surface area contributed by atoms with Gasteiger partial charge in [0.15, 0.2) is 0 Å². The lowest BCUT2D eigenvalue weighted by Gasteiger charge is -2.09. The van der Waals surface area contributed by atoms with Gasteiger partial charge in [0.2, 0.25) is 0 Å². The molecule has 3 N–H and O–H groups in total. The second-order valence-corrected chi connectivity index (χ2v) is 13.2. The summed E-state index contributed by atoms with van der Waals surface area (Å²) in [6.45, 7) is 19.6. The quantitative estimate of drug-likeness (QED) is 0.0746. The van der Waals surface area contributed by atoms with Gasteiger partial charge in [-0.15, -0.1) is 0 Å². The van der Waals surface area contributed by atoms with Gasteiger partial charge in [-0.3, -0.25) is 4.79 Å². The van der Waals surface area contributed by atoms with Crippen molar-refractivity contribution in [2.24, 2.45) is 5.73 Å². The molecule has 0 aliphatic rings. The molecule has 0 radical (unpaired) electrons. The maximum absolute atomic E-state index is 10.4. The van der Waals surface area contributed by atoms with Crippen LogP contribution in [0.2, 0.25) is 0 Å². The summed E-state index contributed by atoms with van der Waals surface area (Å²) in [6.07, 6.45) is -0.00811. The Morgan fingerprint density at radius 1 is 0.212 bits per heavy atom. The average molecular weight is 970 g/mol. The van der Waals surface area contributed by atoms with Gasteiger partial charge in [0.1, 0.15) is 0 Å². The predicted molar refractivity (Wildman–Crippen MR) is 238 cm³/mol. The highest BCUT2D eigenvalue weighted by molar-refractivity contribution is 5.66. The second-order valence-electron chi connectivity index (χ2n) is 13.2. The Morgan fingerprint density at radius 2 is 0.318 bits per heavy atom. The Labute approximate surface area is 393 Å². The molecule has 0 aliphatic heterocycles. The zero-order valence-electron chi connectivity index (χ0n) is 39.8. The van der Waals surface area contributed by atoms with Crippen LogP contribution in [-0.4, -0.2) is 282 Å². The Balaban J connectivity index is 3.07. The Bertz CT molecular complexity index is 891. The number of carbonyl (C=O) groups is 1. The van der Waals surface area contributed by atoms with Crippen LogP contribution in [0, 0.1) is 0 Å². The molecule has 396 valence electrons. The van der Waals surface area contributed by atoms with Gasteiger partial charge in [-0.05, 0) is 0 Å². The van der Waals surface area contributed by atoms with Gasteiger partial charge >= 0.3 is 5.97 Å². The zero-order chi connectivity index (χ0) is 47.4. The molecule has 0 saturated carbocycles. The van der Waals surface area contributed by atoms with Crippen molar-refractivity contribution in [1.82, 2.24) is 0 Å². The summed E-state index contributed by atoms with van der Waals surface area (Å²) in [5, 5.41) is 8.51. The van der Waals surface area contributed by atoms with Crippen LogP contribution in [0.1, 0.15) is 6.42 Å². The number of nitrogens with two attached hydrogens (primary N) is 1. The lowest BCUT2D eigenvalue weighted by Crippen LogP contribution is -2.16. The first-order valence-electron chi connectivity index (χ1n) is 23.2. The van der Waals surface area contributed by atoms with Crippen LogP contribution in [0.15, 0.2) is 0 Å². The molecule has 0 aliphatic carbocycles. The number of aliphatic carboxylic acids is 1. The molecule has 0 amide bonds. The number of hydrogen-bond donors (Lipinski definition) is 2. The van der Waals surface area contributed by atoms with E-state index in [1.54, 1.807) is 0 Å². The topological polar surface area (TPSA) is 248 Å². The molecule has 0 aromatic carbocycles. The molecule has 23 nitrogen and oxygen atoms in total. The SMILES string of the molecule is NCCOCCOCCOCCOCCOCCOCCOCCOCCOCCOCCOCCOCCOCCOCCOCCOCCOCCOCCOCCOCCC(=O)O. The van der Waals surface area contributed by atoms with E-state index in [2.05, 4.69) is 0 Å². The molecule has 0 fully saturated rings. The predicted octanol–water partition coefficient (Wildman–Crippen LogP) is -0.248. The fourth-order valence-corrected chi connectivity index (χ4v) is 4.52. The zero-order valence-corrected chi connectivity index (χ0v) is 39.8. The summed E-state index contributed by atoms with van der Waals surface area (Å²) in [5.74, 6) is -0.879. The van der Waals surface area contributed by atoms with Gasteiger partial charge in [-0.1, -0.05) is 0 Å². The molecule has 0 rings (SSSR count). The van der Waals surface area contributed by atoms with Crippen molar-refractivity contribution in [2.75, 3.05) is 271 Å². The van der Waals surface area contributed by atoms with E-state index in [1.807, 2.05) is 0 Å². The largest absolute Gasteiger partial charge is 0.481 e. The molecule has 0 aromatic rings. The summed E-state index contributed by atoms with van der Waals surface area (Å²) in [7, 11) is 0. The fraction of sp³-hybridized carbons (Fsp3) is 0.977. The van der Waals surface area contributed by atoms with Crippen molar-refractivity contribution >= 4 is 5.97 Å². The van der Waals surface area contributed by atoms with Gasteiger partial charge < -0.3 is 106 Å². The molecular formula is C43H87NO22. The Morgan fingerprint density at radius 3 is 0.424 bits per heavy atom. The summed E-state index contributed by atoms with van der Waals surface area (Å²) < 4.78 is 109. The maximum Gasteiger partial charge on any atom is 0.305 e. The minimum atomic E-state index is -0.879. The monoisotopic (exact) mass is 970 g/mol. The van der Waals surface area contributed by atoms with E-state index < -0.39 is 5.97 Å². The van der Waals surface area contributed by atoms with Gasteiger partial charge in [-0.25, -0.2) is 0 Å². The molecule has 0 saturated heterocycles. The summed E-state index contributed by atoms with van der Waals surface area (Å²) in [6, 6.07) is 0. The molecule has 0 unspecified atom stereocenters. The van der Waals surface area contributed by atoms with E-state index in [-0.39, 0.29) is 13.0 Å². The van der Waals surface area contributed by atoms with Crippen LogP contribution in [0.25, 0.3) is 0 Å². The van der Waals surface area contributed by atoms with Crippen molar-refractivity contribution in [3.05, 3.63) is 0 Å². The van der Waals surface area contributed by atoms with Gasteiger partial charge in [0.05, 0.1) is 271 Å². The minimum Gasteiger partial charge on any atom is -0.481 e. The standard InChI is InChI=1S/C43H87NO22/c44-2-4-48-6-8-50-10-12-52-14-16-54-18-20-56-22-24-58-26-28-60-30-32-62-34-36-64-38-40-66-42-41-65-39-37-63-35-33-61-31-29-59-27-25-57-23-21-55-19-17-53-15-13-51-11-9-49-7-5-47-3-1-43(45)46/h1-42,44H2,(H,45,46). The van der Waals surface area contributed by atoms with Crippen molar-refractivity contribution in [2.45, 2.75) is 6.42 Å². The second kappa shape index (κ2) is 61.6. The third-order valence-corrected chi connectivity index (χ3v) is 7.79. The number of rotatable bonds is 62. The normalized spacial score (nSPS) is 11.7. The van der Waals surface area contributed by atoms with Crippen LogP contribution in [-0.2, 0) is 99.5 Å². The Kier molecular flexibility index (Phi) is 60.4. The van der Waals surface area contributed by atoms with Crippen LogP contribution in [0.4, 0.5) is 0 Å². The van der Waals surface area contributed by atoms with E-state index in [0.717, 1.165) is 0 Å². The average Bonchev–Trinajstić information content (AvgIpc) is 3.32. The third-order valence-electron chi connectivity index (χ3n) is 7.79. The lowest BCUT2D eigenvalue weighted by molar-refractivity contribution is -0.138. The van der Waals surface area contributed by atoms with Gasteiger partial charge in [0.25, 0.3) is 0 Å². The summed E-state index contributed by atoms with van der Waals surface area (Å²) >= 11 is 0. The molecule has 0 atom stereocenters. The van der Waals surface area contributed by atoms with Gasteiger partial charge in [-0.2, -0.15) is 0 Å². The van der Waals surface area contributed by atoms with E-state index in [0.29, 0.717) is 264 Å². The molecule has 23 heteroatoms. The smallest absolute Gasteiger partial charge is 0.305 e. The van der Waals surface area contributed by atoms with Crippen molar-refractivity contribution in [3.63, 3.8) is 0 Å². The molecule has 66 heavy (non-hydrogen) atoms. The number of hydrogen-bond acceptors (Lipinski definition) is 22. The molecular weight excluding hydrogens is 882 g/mol. The van der Waals surface area contributed by atoms with E-state index >= 15 is 0 Å². The van der Waals surface area contributed by atoms with Gasteiger partial charge in [0, 0.05) is 6.54 Å². The first-order chi connectivity index (χ1) is 32.8. The molecule has 0 spiro atoms. The van der Waals surface area contributed by atoms with Crippen molar-refractivity contribution in [3.8, 4) is 0 Å². The fourth-order valence-electron chi connectivity index (χ4n) is 4.52. The van der Waals surface area contributed by atoms with Crippen LogP contribution in [0.5, 0.6) is 0 Å². The highest BCUT2D eigenvalue weighted by atomic mass is 16.6. The van der Waals surface area contributed by atoms with E-state index in [9.17, 15) is 4.79 Å². The highest BCUT2D eigenvalue weighted by Gasteiger charge is 2.00. The number of ether oxygens (including phenoxy) is 20. The lowest BCUT2D eigenvalue weighted by atomic mass is 10.5. The summed E-state index contributed by atoms with van der Waals surface area (Å²) in [4.78, 5) is 10.4. The van der Waals surface area contributed by atoms with Crippen molar-refractivity contribution in [1.29, 1.82) is 0 Å². The number of carboxylic acid groups (broad SMARTS) is 1. The van der Waals surface area contributed by atoms with E-state index in [1.165, 1.54) is 0 Å². The highest BCUT2D eigenvalue weighted by Crippen LogP contribution is 1.90. The van der Waals surface area contributed by atoms with E-state index in [4.69, 9.17) is 106 Å². The van der Waals surface area contributed by atoms with Crippen LogP contribution < -0.4 is 5.73 Å². The molecule has 0 bridgehead atoms.